The van der Waals surface area contributed by atoms with Crippen molar-refractivity contribution >= 4 is 28.6 Å². The highest BCUT2D eigenvalue weighted by atomic mass is 32.1. The van der Waals surface area contributed by atoms with Gasteiger partial charge in [0.1, 0.15) is 5.69 Å². The molecule has 4 N–H and O–H groups in total. The Morgan fingerprint density at radius 1 is 1.52 bits per heavy atom. The summed E-state index contributed by atoms with van der Waals surface area (Å²) in [5, 5.41) is 14.5. The maximum absolute atomic E-state index is 12.1. The van der Waals surface area contributed by atoms with Crippen LogP contribution < -0.4 is 16.6 Å². The Hall–Kier alpha value is -2.52. The van der Waals surface area contributed by atoms with Gasteiger partial charge in [-0.3, -0.25) is 20.8 Å². The van der Waals surface area contributed by atoms with Crippen molar-refractivity contribution in [2.75, 3.05) is 5.43 Å². The van der Waals surface area contributed by atoms with Gasteiger partial charge in [-0.25, -0.2) is 4.98 Å². The normalized spacial score (nSPS) is 10.2. The largest absolute Gasteiger partial charge is 0.347 e. The van der Waals surface area contributed by atoms with E-state index in [1.54, 1.807) is 6.20 Å². The van der Waals surface area contributed by atoms with Gasteiger partial charge >= 0.3 is 0 Å². The number of hydrogen-bond acceptors (Lipinski definition) is 7. The Morgan fingerprint density at radius 3 is 2.86 bits per heavy atom. The van der Waals surface area contributed by atoms with E-state index in [-0.39, 0.29) is 16.9 Å². The molecular formula is C12H13N5O3S. The van der Waals surface area contributed by atoms with Crippen LogP contribution in [0.4, 0.5) is 11.4 Å². The smallest absolute Gasteiger partial charge is 0.294 e. The number of aromatic nitrogens is 1. The number of nitrogens with two attached hydrogens (primary N) is 1. The van der Waals surface area contributed by atoms with Crippen molar-refractivity contribution < 1.29 is 9.72 Å². The van der Waals surface area contributed by atoms with Gasteiger partial charge in [0.15, 0.2) is 0 Å². The maximum atomic E-state index is 12.1. The molecule has 2 rings (SSSR count). The van der Waals surface area contributed by atoms with Gasteiger partial charge in [0, 0.05) is 17.1 Å². The first-order valence-electron chi connectivity index (χ1n) is 5.96. The van der Waals surface area contributed by atoms with E-state index in [2.05, 4.69) is 15.7 Å². The van der Waals surface area contributed by atoms with E-state index in [0.717, 1.165) is 9.88 Å². The number of thiazole rings is 1. The topological polar surface area (TPSA) is 123 Å². The van der Waals surface area contributed by atoms with Gasteiger partial charge in [-0.2, -0.15) is 0 Å². The molecule has 1 amide bonds. The number of aryl methyl sites for hydroxylation is 1. The maximum Gasteiger partial charge on any atom is 0.294 e. The van der Waals surface area contributed by atoms with Gasteiger partial charge in [0.2, 0.25) is 0 Å². The van der Waals surface area contributed by atoms with Crippen molar-refractivity contribution in [2.45, 2.75) is 13.5 Å². The molecule has 1 heterocycles. The summed E-state index contributed by atoms with van der Waals surface area (Å²) >= 11 is 1.47. The van der Waals surface area contributed by atoms with Gasteiger partial charge in [0.05, 0.1) is 22.0 Å². The van der Waals surface area contributed by atoms with Gasteiger partial charge < -0.3 is 10.7 Å². The summed E-state index contributed by atoms with van der Waals surface area (Å²) in [5.41, 5.74) is 2.07. The average Bonchev–Trinajstić information content (AvgIpc) is 2.89. The number of rotatable bonds is 5. The zero-order valence-electron chi connectivity index (χ0n) is 11.1. The lowest BCUT2D eigenvalue weighted by Gasteiger charge is -2.09. The van der Waals surface area contributed by atoms with Gasteiger partial charge in [-0.15, -0.1) is 11.3 Å². The number of nitro groups is 1. The van der Waals surface area contributed by atoms with Crippen LogP contribution in [0.5, 0.6) is 0 Å². The Morgan fingerprint density at radius 2 is 2.29 bits per heavy atom. The molecule has 0 aliphatic carbocycles. The van der Waals surface area contributed by atoms with Gasteiger partial charge in [-0.1, -0.05) is 6.07 Å². The predicted molar refractivity (Wildman–Crippen MR) is 78.9 cm³/mol. The Balaban J connectivity index is 2.19. The van der Waals surface area contributed by atoms with E-state index in [4.69, 9.17) is 5.84 Å². The molecule has 0 radical (unpaired) electrons. The van der Waals surface area contributed by atoms with E-state index in [9.17, 15) is 14.9 Å². The Kier molecular flexibility index (Phi) is 4.45. The second kappa shape index (κ2) is 6.29. The van der Waals surface area contributed by atoms with E-state index in [1.165, 1.54) is 29.5 Å². The molecular weight excluding hydrogens is 294 g/mol. The second-order valence-corrected chi connectivity index (χ2v) is 5.45. The Labute approximate surface area is 124 Å². The van der Waals surface area contributed by atoms with E-state index >= 15 is 0 Å². The molecule has 0 unspecified atom stereocenters. The van der Waals surface area contributed by atoms with Crippen LogP contribution in [-0.4, -0.2) is 15.8 Å². The lowest BCUT2D eigenvalue weighted by Crippen LogP contribution is -2.25. The number of carbonyl (C=O) groups excluding carboxylic acids is 1. The van der Waals surface area contributed by atoms with Crippen molar-refractivity contribution in [1.82, 2.24) is 10.3 Å². The summed E-state index contributed by atoms with van der Waals surface area (Å²) < 4.78 is 0. The number of benzene rings is 1. The van der Waals surface area contributed by atoms with E-state index < -0.39 is 10.8 Å². The third-order valence-corrected chi connectivity index (χ3v) is 3.63. The van der Waals surface area contributed by atoms with Crippen LogP contribution in [0.25, 0.3) is 0 Å². The molecule has 0 bridgehead atoms. The minimum absolute atomic E-state index is 0.0134. The number of hydrazine groups is 1. The average molecular weight is 307 g/mol. The third-order valence-electron chi connectivity index (χ3n) is 2.72. The first kappa shape index (κ1) is 14.9. The molecule has 8 nitrogen and oxygen atoms in total. The summed E-state index contributed by atoms with van der Waals surface area (Å²) in [6.07, 6.45) is 1.68. The lowest BCUT2D eigenvalue weighted by molar-refractivity contribution is -0.384. The van der Waals surface area contributed by atoms with Crippen LogP contribution in [0.15, 0.2) is 24.4 Å². The number of amides is 1. The summed E-state index contributed by atoms with van der Waals surface area (Å²) in [6, 6.07) is 4.18. The molecule has 0 spiro atoms. The number of nitro benzene ring substituents is 1. The molecule has 21 heavy (non-hydrogen) atoms. The summed E-state index contributed by atoms with van der Waals surface area (Å²) in [4.78, 5) is 27.4. The molecule has 0 saturated carbocycles. The van der Waals surface area contributed by atoms with Crippen molar-refractivity contribution in [3.63, 3.8) is 0 Å². The minimum Gasteiger partial charge on any atom is -0.347 e. The highest BCUT2D eigenvalue weighted by molar-refractivity contribution is 7.11. The summed E-state index contributed by atoms with van der Waals surface area (Å²) in [7, 11) is 0. The van der Waals surface area contributed by atoms with E-state index in [0.29, 0.717) is 6.54 Å². The molecule has 0 aliphatic heterocycles. The van der Waals surface area contributed by atoms with Crippen LogP contribution in [0.2, 0.25) is 0 Å². The van der Waals surface area contributed by atoms with Crippen molar-refractivity contribution in [3.8, 4) is 0 Å². The van der Waals surface area contributed by atoms with Crippen LogP contribution in [0.1, 0.15) is 20.2 Å². The second-order valence-electron chi connectivity index (χ2n) is 4.13. The molecule has 2 aromatic rings. The predicted octanol–water partition coefficient (Wildman–Crippen LogP) is 1.58. The number of nitrogen functional groups attached to an aromatic ring is 1. The third kappa shape index (κ3) is 3.33. The highest BCUT2D eigenvalue weighted by Crippen LogP contribution is 2.27. The number of para-hydroxylation sites is 1. The number of hydrogen-bond donors (Lipinski definition) is 3. The lowest BCUT2D eigenvalue weighted by atomic mass is 10.1. The quantitative estimate of drug-likeness (QED) is 0.438. The molecule has 9 heteroatoms. The van der Waals surface area contributed by atoms with Crippen LogP contribution >= 0.6 is 11.3 Å². The highest BCUT2D eigenvalue weighted by Gasteiger charge is 2.20. The molecule has 0 fully saturated rings. The molecule has 1 aromatic heterocycles. The zero-order chi connectivity index (χ0) is 15.4. The van der Waals surface area contributed by atoms with Crippen LogP contribution in [0, 0.1) is 17.0 Å². The summed E-state index contributed by atoms with van der Waals surface area (Å²) in [6.45, 7) is 2.17. The first-order valence-corrected chi connectivity index (χ1v) is 6.78. The zero-order valence-corrected chi connectivity index (χ0v) is 11.9. The molecule has 1 aromatic carbocycles. The number of anilines is 1. The van der Waals surface area contributed by atoms with Crippen molar-refractivity contribution in [2.24, 2.45) is 5.84 Å². The number of carbonyl (C=O) groups is 1. The Bertz CT molecular complexity index is 685. The van der Waals surface area contributed by atoms with Crippen LogP contribution in [-0.2, 0) is 6.54 Å². The first-order chi connectivity index (χ1) is 10.0. The summed E-state index contributed by atoms with van der Waals surface area (Å²) in [5.74, 6) is 4.85. The fourth-order valence-corrected chi connectivity index (χ4v) is 2.52. The number of nitrogens with zero attached hydrogens (tertiary/aromatic N) is 2. The van der Waals surface area contributed by atoms with Gasteiger partial charge in [0.25, 0.3) is 11.6 Å². The minimum atomic E-state index is -0.599. The van der Waals surface area contributed by atoms with E-state index in [1.807, 2.05) is 6.92 Å². The fraction of sp³-hybridized carbons (Fsp3) is 0.167. The fourth-order valence-electron chi connectivity index (χ4n) is 1.78. The standard InChI is InChI=1S/C12H13N5O3S/c1-7-14-5-8(21-7)6-15-12(18)9-3-2-4-10(17(19)20)11(9)16-13/h2-5,16H,6,13H2,1H3,(H,15,18). The van der Waals surface area contributed by atoms with Crippen molar-refractivity contribution in [1.29, 1.82) is 0 Å². The monoisotopic (exact) mass is 307 g/mol. The van der Waals surface area contributed by atoms with Crippen molar-refractivity contribution in [3.05, 3.63) is 50.0 Å². The molecule has 0 saturated heterocycles. The molecule has 0 aliphatic rings. The molecule has 110 valence electrons. The SMILES string of the molecule is Cc1ncc(CNC(=O)c2cccc([N+](=O)[O-])c2NN)s1. The van der Waals surface area contributed by atoms with Crippen LogP contribution in [0.3, 0.4) is 0 Å². The molecule has 0 atom stereocenters. The van der Waals surface area contributed by atoms with Gasteiger partial charge in [-0.05, 0) is 13.0 Å². The number of nitrogens with one attached hydrogen (secondary N) is 2.